The van der Waals surface area contributed by atoms with Crippen LogP contribution in [0.4, 0.5) is 4.20 Å². The molecule has 0 amide bonds. The van der Waals surface area contributed by atoms with E-state index in [9.17, 15) is 4.20 Å². The highest BCUT2D eigenvalue weighted by Crippen LogP contribution is 2.29. The molecule has 0 heterocycles. The van der Waals surface area contributed by atoms with Crippen LogP contribution in [0.1, 0.15) is 6.42 Å². The van der Waals surface area contributed by atoms with Crippen LogP contribution < -0.4 is 28.9 Å². The van der Waals surface area contributed by atoms with Gasteiger partial charge in [-0.1, -0.05) is 0 Å². The fourth-order valence-corrected chi connectivity index (χ4v) is 0.545. The maximum absolute atomic E-state index is 10.7. The molecule has 0 aromatic heterocycles. The van der Waals surface area contributed by atoms with E-state index in [0.29, 0.717) is 13.3 Å². The van der Waals surface area contributed by atoms with E-state index in [2.05, 4.69) is 21.1 Å². The van der Waals surface area contributed by atoms with E-state index in [0.717, 1.165) is 17.4 Å². The number of nitrogens with zero attached hydrogens (tertiary/aromatic N) is 1. The van der Waals surface area contributed by atoms with Gasteiger partial charge in [-0.2, -0.15) is 0 Å². The van der Waals surface area contributed by atoms with E-state index in [-0.39, 0.29) is 24.0 Å². The molecule has 0 saturated heterocycles. The van der Waals surface area contributed by atoms with Crippen LogP contribution >= 0.6 is 7.68 Å². The average molecular weight is 342 g/mol. The van der Waals surface area contributed by atoms with Gasteiger partial charge in [-0.25, -0.2) is 4.20 Å². The van der Waals surface area contributed by atoms with Gasteiger partial charge in [0.25, 0.3) is 0 Å². The van der Waals surface area contributed by atoms with Gasteiger partial charge in [-0.05, 0) is 0 Å². The van der Waals surface area contributed by atoms with Gasteiger partial charge >= 0.3 is 0 Å². The van der Waals surface area contributed by atoms with Crippen LogP contribution in [-0.2, 0) is 4.57 Å². The molecule has 0 spiro atoms. The Morgan fingerprint density at radius 3 is 1.79 bits per heavy atom. The molecule has 90 valence electrons. The summed E-state index contributed by atoms with van der Waals surface area (Å²) in [6, 6.07) is 0. The number of rotatable bonds is 3. The molecule has 0 fully saturated rings. The lowest BCUT2D eigenvalue weighted by molar-refractivity contribution is -0.870. The first-order valence-electron chi connectivity index (χ1n) is 3.96. The normalized spacial score (nSPS) is 14.5. The lowest BCUT2D eigenvalue weighted by Crippen LogP contribution is -3.00. The van der Waals surface area contributed by atoms with Gasteiger partial charge in [0.2, 0.25) is 0 Å². The molecule has 0 rings (SSSR count). The summed E-state index contributed by atoms with van der Waals surface area (Å²) in [5.41, 5.74) is 0. The molecule has 0 aliphatic heterocycles. The second kappa shape index (κ2) is 9.03. The topological polar surface area (TPSA) is 60.4 Å². The minimum atomic E-state index is -4.39. The Balaban J connectivity index is -0.000000177. The summed E-state index contributed by atoms with van der Waals surface area (Å²) in [6.45, 7) is 1.89. The number of hydrogen-bond acceptors (Lipinski definition) is 3. The highest BCUT2D eigenvalue weighted by Gasteiger charge is 2.03. The van der Waals surface area contributed by atoms with Crippen LogP contribution in [0.15, 0.2) is 0 Å². The van der Waals surface area contributed by atoms with Crippen molar-refractivity contribution in [1.82, 2.24) is 0 Å². The van der Waals surface area contributed by atoms with Gasteiger partial charge in [0.1, 0.15) is 0 Å². The zero-order valence-corrected chi connectivity index (χ0v) is 12.1. The molecule has 7 heteroatoms. The predicted octanol–water partition coefficient (Wildman–Crippen LogP) is -2.78. The summed E-state index contributed by atoms with van der Waals surface area (Å²) in [5, 5.41) is 8.42. The molecule has 0 bridgehead atoms. The summed E-state index contributed by atoms with van der Waals surface area (Å²) in [5.74, 6) is 0. The fraction of sp³-hybridized carbons (Fsp3) is 1.00. The van der Waals surface area contributed by atoms with Gasteiger partial charge in [-0.3, -0.25) is 0 Å². The maximum atomic E-state index is 10.7. The Kier molecular flexibility index (Phi) is 13.0. The smallest absolute Gasteiger partial charge is 0.178 e. The largest absolute Gasteiger partial charge is 1.00 e. The summed E-state index contributed by atoms with van der Waals surface area (Å²) in [7, 11) is 1.97. The number of hydrogen-bond donors (Lipinski definition) is 1. The first kappa shape index (κ1) is 20.2. The van der Waals surface area contributed by atoms with Gasteiger partial charge in [0.15, 0.2) is 7.68 Å². The Morgan fingerprint density at radius 1 is 1.43 bits per heavy atom. The van der Waals surface area contributed by atoms with Crippen molar-refractivity contribution < 1.29 is 47.2 Å². The van der Waals surface area contributed by atoms with Crippen LogP contribution in [0.5, 0.6) is 0 Å². The summed E-state index contributed by atoms with van der Waals surface area (Å²) in [6.07, 6.45) is 0.906. The lowest BCUT2D eigenvalue weighted by atomic mass is 10.4. The van der Waals surface area contributed by atoms with E-state index in [1.807, 2.05) is 0 Å². The Labute approximate surface area is 102 Å². The third kappa shape index (κ3) is 53.1. The molecule has 0 saturated carbocycles. The number of aliphatic hydroxyl groups excluding tert-OH is 1. The lowest BCUT2D eigenvalue weighted by Gasteiger charge is -2.22. The molecule has 0 aromatic carbocycles. The van der Waals surface area contributed by atoms with Crippen molar-refractivity contribution in [2.24, 2.45) is 0 Å². The number of quaternary nitrogens is 1. The van der Waals surface area contributed by atoms with Crippen LogP contribution in [0.25, 0.3) is 0 Å². The number of halogens is 2. The standard InChI is InChI=1S/C6H16NO.CH4FO2P.HI/c1-7(2,3)5-4-6-8;1-5(2,3)4;/h8H,4-6H2,1-3H3;1H3,(H,3,4);1H/q+1;;/p-2. The highest BCUT2D eigenvalue weighted by molar-refractivity contribution is 7.49. The van der Waals surface area contributed by atoms with Crippen LogP contribution in [0.2, 0.25) is 0 Å². The van der Waals surface area contributed by atoms with Crippen LogP contribution in [-0.4, -0.2) is 50.5 Å². The van der Waals surface area contributed by atoms with Crippen LogP contribution in [0, 0.1) is 0 Å². The van der Waals surface area contributed by atoms with Crippen molar-refractivity contribution in [3.05, 3.63) is 0 Å². The molecule has 0 aromatic rings. The predicted molar refractivity (Wildman–Crippen MR) is 49.2 cm³/mol. The molecule has 4 nitrogen and oxygen atoms in total. The highest BCUT2D eigenvalue weighted by atomic mass is 127. The molecule has 1 atom stereocenters. The van der Waals surface area contributed by atoms with E-state index in [1.165, 1.54) is 0 Å². The molecule has 1 N–H and O–H groups in total. The summed E-state index contributed by atoms with van der Waals surface area (Å²) < 4.78 is 20.6. The summed E-state index contributed by atoms with van der Waals surface area (Å²) in [4.78, 5) is 8.99. The van der Waals surface area contributed by atoms with Gasteiger partial charge in [-0.15, -0.1) is 0 Å². The Bertz CT molecular complexity index is 161. The third-order valence-electron chi connectivity index (χ3n) is 0.987. The first-order chi connectivity index (χ1) is 5.56. The zero-order valence-electron chi connectivity index (χ0n) is 9.04. The SMILES string of the molecule is CP(=O)([O-])F.C[N+](C)(C)CCCO.[I-]. The molecule has 14 heavy (non-hydrogen) atoms. The van der Waals surface area contributed by atoms with Gasteiger partial charge < -0.3 is 43.0 Å². The van der Waals surface area contributed by atoms with Crippen molar-refractivity contribution in [2.75, 3.05) is 41.0 Å². The monoisotopic (exact) mass is 342 g/mol. The third-order valence-corrected chi connectivity index (χ3v) is 0.987. The Hall–Kier alpha value is 0.770. The molecular weight excluding hydrogens is 323 g/mol. The van der Waals surface area contributed by atoms with Gasteiger partial charge in [0, 0.05) is 19.7 Å². The van der Waals surface area contributed by atoms with Crippen molar-refractivity contribution in [1.29, 1.82) is 0 Å². The molecule has 0 aliphatic rings. The molecule has 0 radical (unpaired) electrons. The van der Waals surface area contributed by atoms with Crippen molar-refractivity contribution in [3.8, 4) is 0 Å². The van der Waals surface area contributed by atoms with E-state index in [1.54, 1.807) is 0 Å². The quantitative estimate of drug-likeness (QED) is 0.343. The van der Waals surface area contributed by atoms with E-state index < -0.39 is 7.68 Å². The van der Waals surface area contributed by atoms with Crippen LogP contribution in [0.3, 0.4) is 0 Å². The second-order valence-corrected chi connectivity index (χ2v) is 5.33. The molecule has 0 aliphatic carbocycles. The van der Waals surface area contributed by atoms with E-state index >= 15 is 0 Å². The molecule has 1 unspecified atom stereocenters. The van der Waals surface area contributed by atoms with Crippen molar-refractivity contribution in [2.45, 2.75) is 6.42 Å². The first-order valence-corrected chi connectivity index (χ1v) is 5.92. The fourth-order valence-electron chi connectivity index (χ4n) is 0.545. The van der Waals surface area contributed by atoms with Crippen molar-refractivity contribution in [3.63, 3.8) is 0 Å². The Morgan fingerprint density at radius 2 is 1.71 bits per heavy atom. The van der Waals surface area contributed by atoms with Crippen molar-refractivity contribution >= 4 is 7.68 Å². The molecular formula is C7H19FINO3P-. The van der Waals surface area contributed by atoms with E-state index in [4.69, 9.17) is 14.6 Å². The summed E-state index contributed by atoms with van der Waals surface area (Å²) >= 11 is 0. The average Bonchev–Trinajstić information content (AvgIpc) is 1.77. The number of aliphatic hydroxyl groups is 1. The minimum absolute atomic E-state index is 0. The second-order valence-electron chi connectivity index (χ2n) is 3.84. The zero-order chi connectivity index (χ0) is 11.1. The minimum Gasteiger partial charge on any atom is -1.00 e. The van der Waals surface area contributed by atoms with Gasteiger partial charge in [0.05, 0.1) is 27.7 Å². The maximum Gasteiger partial charge on any atom is 0.178 e.